The predicted octanol–water partition coefficient (Wildman–Crippen LogP) is 0.518. The number of likely N-dealkylation sites (N-methyl/N-ethyl adjacent to an activating group) is 1. The Balaban J connectivity index is 1.38. The SMILES string of the molecule is CCN1CCN(C(C)CNC(=O)C2CC23CCNCC3)CC1. The van der Waals surface area contributed by atoms with Gasteiger partial charge in [0.25, 0.3) is 0 Å². The second-order valence-electron chi connectivity index (χ2n) is 7.43. The van der Waals surface area contributed by atoms with Gasteiger partial charge < -0.3 is 15.5 Å². The molecule has 1 aliphatic carbocycles. The molecule has 3 rings (SSSR count). The molecule has 126 valence electrons. The van der Waals surface area contributed by atoms with Gasteiger partial charge >= 0.3 is 0 Å². The summed E-state index contributed by atoms with van der Waals surface area (Å²) in [6.45, 7) is 13.2. The van der Waals surface area contributed by atoms with Gasteiger partial charge in [-0.1, -0.05) is 6.92 Å². The molecule has 0 bridgehead atoms. The molecular weight excluding hydrogens is 276 g/mol. The summed E-state index contributed by atoms with van der Waals surface area (Å²) < 4.78 is 0. The van der Waals surface area contributed by atoms with Crippen molar-refractivity contribution in [3.05, 3.63) is 0 Å². The normalized spacial score (nSPS) is 30.2. The zero-order valence-corrected chi connectivity index (χ0v) is 14.2. The monoisotopic (exact) mass is 308 g/mol. The Kier molecular flexibility index (Phi) is 5.05. The molecule has 2 saturated heterocycles. The fraction of sp³-hybridized carbons (Fsp3) is 0.941. The van der Waals surface area contributed by atoms with Gasteiger partial charge in [0.15, 0.2) is 0 Å². The summed E-state index contributed by atoms with van der Waals surface area (Å²) in [7, 11) is 0. The number of carbonyl (C=O) groups excluding carboxylic acids is 1. The van der Waals surface area contributed by atoms with Crippen molar-refractivity contribution in [1.29, 1.82) is 0 Å². The van der Waals surface area contributed by atoms with Crippen molar-refractivity contribution in [2.75, 3.05) is 52.4 Å². The lowest BCUT2D eigenvalue weighted by Gasteiger charge is -2.37. The number of piperazine rings is 1. The van der Waals surface area contributed by atoms with E-state index in [-0.39, 0.29) is 0 Å². The van der Waals surface area contributed by atoms with Crippen LogP contribution in [-0.2, 0) is 4.79 Å². The third kappa shape index (κ3) is 3.47. The second-order valence-corrected chi connectivity index (χ2v) is 7.43. The molecule has 0 aromatic rings. The molecule has 3 aliphatic rings. The average Bonchev–Trinajstić information content (AvgIpc) is 3.26. The zero-order chi connectivity index (χ0) is 15.6. The van der Waals surface area contributed by atoms with Crippen LogP contribution in [0.1, 0.15) is 33.1 Å². The molecule has 2 aliphatic heterocycles. The minimum Gasteiger partial charge on any atom is -0.354 e. The summed E-state index contributed by atoms with van der Waals surface area (Å²) in [5.41, 5.74) is 0.353. The minimum atomic E-state index is 0.290. The fourth-order valence-corrected chi connectivity index (χ4v) is 4.22. The van der Waals surface area contributed by atoms with E-state index in [1.54, 1.807) is 0 Å². The lowest BCUT2D eigenvalue weighted by molar-refractivity contribution is -0.123. The molecule has 1 spiro atoms. The topological polar surface area (TPSA) is 47.6 Å². The summed E-state index contributed by atoms with van der Waals surface area (Å²) in [4.78, 5) is 17.4. The highest BCUT2D eigenvalue weighted by molar-refractivity contribution is 5.82. The van der Waals surface area contributed by atoms with E-state index < -0.39 is 0 Å². The van der Waals surface area contributed by atoms with Crippen LogP contribution in [0.2, 0.25) is 0 Å². The number of carbonyl (C=O) groups is 1. The highest BCUT2D eigenvalue weighted by Gasteiger charge is 2.57. The lowest BCUT2D eigenvalue weighted by Crippen LogP contribution is -2.52. The number of hydrogen-bond donors (Lipinski definition) is 2. The largest absolute Gasteiger partial charge is 0.354 e. The van der Waals surface area contributed by atoms with Gasteiger partial charge in [-0.25, -0.2) is 0 Å². The van der Waals surface area contributed by atoms with E-state index in [9.17, 15) is 4.79 Å². The van der Waals surface area contributed by atoms with Gasteiger partial charge in [0.1, 0.15) is 0 Å². The van der Waals surface area contributed by atoms with E-state index >= 15 is 0 Å². The Morgan fingerprint density at radius 3 is 2.59 bits per heavy atom. The maximum absolute atomic E-state index is 12.4. The summed E-state index contributed by atoms with van der Waals surface area (Å²) >= 11 is 0. The highest BCUT2D eigenvalue weighted by atomic mass is 16.2. The van der Waals surface area contributed by atoms with E-state index in [2.05, 4.69) is 34.3 Å². The first-order valence-corrected chi connectivity index (χ1v) is 9.09. The third-order valence-corrected chi connectivity index (χ3v) is 6.15. The lowest BCUT2D eigenvalue weighted by atomic mass is 9.92. The fourth-order valence-electron chi connectivity index (χ4n) is 4.22. The van der Waals surface area contributed by atoms with E-state index in [1.165, 1.54) is 12.8 Å². The summed E-state index contributed by atoms with van der Waals surface area (Å²) in [5, 5.41) is 6.62. The van der Waals surface area contributed by atoms with Gasteiger partial charge in [0, 0.05) is 44.7 Å². The number of rotatable bonds is 5. The smallest absolute Gasteiger partial charge is 0.223 e. The van der Waals surface area contributed by atoms with Crippen LogP contribution in [0.15, 0.2) is 0 Å². The quantitative estimate of drug-likeness (QED) is 0.777. The first-order chi connectivity index (χ1) is 10.6. The number of nitrogens with one attached hydrogen (secondary N) is 2. The Bertz CT molecular complexity index is 386. The van der Waals surface area contributed by atoms with Crippen molar-refractivity contribution in [2.45, 2.75) is 39.2 Å². The van der Waals surface area contributed by atoms with Crippen LogP contribution in [0.3, 0.4) is 0 Å². The molecule has 2 atom stereocenters. The van der Waals surface area contributed by atoms with Gasteiger partial charge in [-0.05, 0) is 51.2 Å². The summed E-state index contributed by atoms with van der Waals surface area (Å²) in [6.07, 6.45) is 3.48. The molecule has 0 aromatic carbocycles. The summed E-state index contributed by atoms with van der Waals surface area (Å²) in [6, 6.07) is 0.450. The predicted molar refractivity (Wildman–Crippen MR) is 88.8 cm³/mol. The second kappa shape index (κ2) is 6.85. The van der Waals surface area contributed by atoms with E-state index in [1.807, 2.05) is 0 Å². The molecule has 1 saturated carbocycles. The van der Waals surface area contributed by atoms with Gasteiger partial charge in [0.2, 0.25) is 5.91 Å². The van der Waals surface area contributed by atoms with E-state index in [0.717, 1.165) is 58.8 Å². The Labute approximate surface area is 134 Å². The van der Waals surface area contributed by atoms with Gasteiger partial charge in [-0.3, -0.25) is 9.69 Å². The summed E-state index contributed by atoms with van der Waals surface area (Å²) in [5.74, 6) is 0.597. The zero-order valence-electron chi connectivity index (χ0n) is 14.2. The van der Waals surface area contributed by atoms with Crippen LogP contribution in [-0.4, -0.2) is 74.1 Å². The van der Waals surface area contributed by atoms with Crippen LogP contribution in [0, 0.1) is 11.3 Å². The van der Waals surface area contributed by atoms with Gasteiger partial charge in [-0.15, -0.1) is 0 Å². The van der Waals surface area contributed by atoms with Crippen molar-refractivity contribution >= 4 is 5.91 Å². The van der Waals surface area contributed by atoms with Crippen LogP contribution in [0.25, 0.3) is 0 Å². The third-order valence-electron chi connectivity index (χ3n) is 6.15. The Morgan fingerprint density at radius 1 is 1.27 bits per heavy atom. The molecule has 1 amide bonds. The molecule has 5 nitrogen and oxygen atoms in total. The standard InChI is InChI=1S/C17H32N4O/c1-3-20-8-10-21(11-9-20)14(2)13-19-16(22)15-12-17(15)4-6-18-7-5-17/h14-15,18H,3-13H2,1-2H3,(H,19,22). The highest BCUT2D eigenvalue weighted by Crippen LogP contribution is 2.58. The number of hydrogen-bond acceptors (Lipinski definition) is 4. The number of amides is 1. The van der Waals surface area contributed by atoms with Crippen molar-refractivity contribution in [3.8, 4) is 0 Å². The molecule has 0 radical (unpaired) electrons. The minimum absolute atomic E-state index is 0.290. The molecule has 3 fully saturated rings. The average molecular weight is 308 g/mol. The van der Waals surface area contributed by atoms with Crippen molar-refractivity contribution in [1.82, 2.24) is 20.4 Å². The van der Waals surface area contributed by atoms with Crippen LogP contribution >= 0.6 is 0 Å². The molecule has 2 unspecified atom stereocenters. The Hall–Kier alpha value is -0.650. The van der Waals surface area contributed by atoms with Crippen molar-refractivity contribution in [3.63, 3.8) is 0 Å². The molecule has 5 heteroatoms. The maximum atomic E-state index is 12.4. The molecule has 22 heavy (non-hydrogen) atoms. The van der Waals surface area contributed by atoms with Crippen LogP contribution < -0.4 is 10.6 Å². The maximum Gasteiger partial charge on any atom is 0.223 e. The molecule has 2 heterocycles. The van der Waals surface area contributed by atoms with E-state index in [0.29, 0.717) is 23.3 Å². The molecular formula is C17H32N4O. The van der Waals surface area contributed by atoms with Gasteiger partial charge in [0.05, 0.1) is 0 Å². The number of nitrogens with zero attached hydrogens (tertiary/aromatic N) is 2. The van der Waals surface area contributed by atoms with Gasteiger partial charge in [-0.2, -0.15) is 0 Å². The Morgan fingerprint density at radius 2 is 1.95 bits per heavy atom. The van der Waals surface area contributed by atoms with E-state index in [4.69, 9.17) is 0 Å². The number of piperidine rings is 1. The van der Waals surface area contributed by atoms with Crippen LogP contribution in [0.5, 0.6) is 0 Å². The van der Waals surface area contributed by atoms with Crippen LogP contribution in [0.4, 0.5) is 0 Å². The van der Waals surface area contributed by atoms with Crippen molar-refractivity contribution in [2.24, 2.45) is 11.3 Å². The molecule has 0 aromatic heterocycles. The first kappa shape index (κ1) is 16.2. The first-order valence-electron chi connectivity index (χ1n) is 9.09. The van der Waals surface area contributed by atoms with Crippen molar-refractivity contribution < 1.29 is 4.79 Å². The molecule has 2 N–H and O–H groups in total.